The average molecular weight is 334 g/mol. The van der Waals surface area contributed by atoms with Crippen molar-refractivity contribution in [1.82, 2.24) is 25.1 Å². The van der Waals surface area contributed by atoms with E-state index in [1.54, 1.807) is 0 Å². The number of aryl methyl sites for hydroxylation is 2. The van der Waals surface area contributed by atoms with Crippen molar-refractivity contribution < 1.29 is 4.79 Å². The van der Waals surface area contributed by atoms with Gasteiger partial charge in [-0.3, -0.25) is 9.89 Å². The molecule has 3 heterocycles. The summed E-state index contributed by atoms with van der Waals surface area (Å²) in [4.78, 5) is 26.0. The van der Waals surface area contributed by atoms with Crippen molar-refractivity contribution in [2.24, 2.45) is 0 Å². The predicted octanol–water partition coefficient (Wildman–Crippen LogP) is 2.44. The van der Waals surface area contributed by atoms with Crippen molar-refractivity contribution in [1.29, 1.82) is 0 Å². The van der Waals surface area contributed by atoms with Crippen LogP contribution in [0.4, 0.5) is 5.13 Å². The highest BCUT2D eigenvalue weighted by Crippen LogP contribution is 2.23. The molecule has 7 nitrogen and oxygen atoms in total. The van der Waals surface area contributed by atoms with Crippen LogP contribution >= 0.6 is 22.7 Å². The number of thiazole rings is 2. The number of amides is 1. The first-order valence-corrected chi connectivity index (χ1v) is 8.41. The summed E-state index contributed by atoms with van der Waals surface area (Å²) in [6.45, 7) is 4.06. The molecule has 0 unspecified atom stereocenters. The van der Waals surface area contributed by atoms with Crippen LogP contribution in [0.5, 0.6) is 0 Å². The Hall–Kier alpha value is -2.13. The maximum absolute atomic E-state index is 12.1. The average Bonchev–Trinajstić information content (AvgIpc) is 3.19. The molecule has 0 saturated carbocycles. The second-order valence-electron chi connectivity index (χ2n) is 4.58. The van der Waals surface area contributed by atoms with Gasteiger partial charge in [0.25, 0.3) is 0 Å². The number of carbonyl (C=O) groups is 1. The van der Waals surface area contributed by atoms with Gasteiger partial charge in [-0.25, -0.2) is 15.0 Å². The lowest BCUT2D eigenvalue weighted by Crippen LogP contribution is -2.14. The topological polar surface area (TPSA) is 96.5 Å². The highest BCUT2D eigenvalue weighted by atomic mass is 32.1. The van der Waals surface area contributed by atoms with Gasteiger partial charge < -0.3 is 5.32 Å². The molecule has 22 heavy (non-hydrogen) atoms. The minimum Gasteiger partial charge on any atom is -0.302 e. The molecule has 1 amide bonds. The van der Waals surface area contributed by atoms with E-state index in [9.17, 15) is 4.79 Å². The zero-order chi connectivity index (χ0) is 15.5. The Morgan fingerprint density at radius 2 is 2.27 bits per heavy atom. The molecule has 0 saturated heterocycles. The molecular formula is C13H14N6OS2. The first kappa shape index (κ1) is 14.8. The third-order valence-electron chi connectivity index (χ3n) is 2.98. The van der Waals surface area contributed by atoms with Crippen molar-refractivity contribution in [2.75, 3.05) is 5.32 Å². The van der Waals surface area contributed by atoms with E-state index < -0.39 is 0 Å². The van der Waals surface area contributed by atoms with Gasteiger partial charge in [0, 0.05) is 10.3 Å². The summed E-state index contributed by atoms with van der Waals surface area (Å²) in [5.41, 5.74) is 1.74. The van der Waals surface area contributed by atoms with Crippen LogP contribution in [0.1, 0.15) is 23.2 Å². The lowest BCUT2D eigenvalue weighted by molar-refractivity contribution is -0.115. The molecule has 0 aromatic carbocycles. The molecule has 3 aromatic rings. The molecule has 114 valence electrons. The summed E-state index contributed by atoms with van der Waals surface area (Å²) in [5.74, 6) is 0.491. The van der Waals surface area contributed by atoms with Crippen molar-refractivity contribution in [3.63, 3.8) is 0 Å². The number of aromatic amines is 1. The minimum atomic E-state index is -0.120. The van der Waals surface area contributed by atoms with Crippen LogP contribution in [0.3, 0.4) is 0 Å². The molecule has 0 spiro atoms. The molecule has 0 aliphatic carbocycles. The van der Waals surface area contributed by atoms with Crippen LogP contribution < -0.4 is 5.32 Å². The zero-order valence-corrected chi connectivity index (χ0v) is 13.7. The van der Waals surface area contributed by atoms with E-state index in [1.807, 2.05) is 19.2 Å². The van der Waals surface area contributed by atoms with Crippen LogP contribution in [0, 0.1) is 6.92 Å². The third-order valence-corrected chi connectivity index (χ3v) is 4.81. The Bertz CT molecular complexity index is 776. The van der Waals surface area contributed by atoms with Gasteiger partial charge in [-0.05, 0) is 13.3 Å². The smallest absolute Gasteiger partial charge is 0.232 e. The van der Waals surface area contributed by atoms with Crippen molar-refractivity contribution in [3.05, 3.63) is 28.0 Å². The number of anilines is 1. The monoisotopic (exact) mass is 334 g/mol. The summed E-state index contributed by atoms with van der Waals surface area (Å²) < 4.78 is 0. The van der Waals surface area contributed by atoms with E-state index >= 15 is 0 Å². The van der Waals surface area contributed by atoms with Gasteiger partial charge in [-0.15, -0.1) is 22.7 Å². The lowest BCUT2D eigenvalue weighted by Gasteiger charge is -1.98. The van der Waals surface area contributed by atoms with Gasteiger partial charge in [0.15, 0.2) is 16.0 Å². The zero-order valence-electron chi connectivity index (χ0n) is 12.1. The Labute approximate surface area is 134 Å². The van der Waals surface area contributed by atoms with Gasteiger partial charge in [-0.2, -0.15) is 5.10 Å². The third kappa shape index (κ3) is 3.20. The molecular weight excluding hydrogens is 320 g/mol. The fraction of sp³-hybridized carbons (Fsp3) is 0.308. The molecule has 0 radical (unpaired) electrons. The lowest BCUT2D eigenvalue weighted by atomic mass is 10.3. The van der Waals surface area contributed by atoms with Crippen LogP contribution in [0.2, 0.25) is 0 Å². The molecule has 0 aliphatic heterocycles. The summed E-state index contributed by atoms with van der Waals surface area (Å²) >= 11 is 2.92. The molecule has 2 N–H and O–H groups in total. The van der Waals surface area contributed by atoms with E-state index in [0.29, 0.717) is 16.6 Å². The SMILES string of the molecule is CCc1nc(NC(=O)Cc2csc(-c3ncn[nH]3)n2)sc1C. The maximum Gasteiger partial charge on any atom is 0.232 e. The maximum atomic E-state index is 12.1. The number of nitrogens with zero attached hydrogens (tertiary/aromatic N) is 4. The van der Waals surface area contributed by atoms with Gasteiger partial charge in [0.2, 0.25) is 5.91 Å². The van der Waals surface area contributed by atoms with Gasteiger partial charge in [0.05, 0.1) is 17.8 Å². The molecule has 3 aromatic heterocycles. The van der Waals surface area contributed by atoms with E-state index in [4.69, 9.17) is 0 Å². The Morgan fingerprint density at radius 3 is 2.95 bits per heavy atom. The Balaban J connectivity index is 1.64. The number of H-pyrrole nitrogens is 1. The summed E-state index contributed by atoms with van der Waals surface area (Å²) in [6, 6.07) is 0. The predicted molar refractivity (Wildman–Crippen MR) is 86.1 cm³/mol. The molecule has 0 fully saturated rings. The largest absolute Gasteiger partial charge is 0.302 e. The molecule has 3 rings (SSSR count). The van der Waals surface area contributed by atoms with Crippen LogP contribution in [-0.2, 0) is 17.6 Å². The Morgan fingerprint density at radius 1 is 1.41 bits per heavy atom. The van der Waals surface area contributed by atoms with Crippen molar-refractivity contribution in [2.45, 2.75) is 26.7 Å². The standard InChI is InChI=1S/C13H14N6OS2/c1-3-9-7(2)22-13(17-9)18-10(20)4-8-5-21-12(16-8)11-14-6-15-19-11/h5-6H,3-4H2,1-2H3,(H,14,15,19)(H,17,18,20). The number of hydrogen-bond donors (Lipinski definition) is 2. The summed E-state index contributed by atoms with van der Waals surface area (Å²) in [6.07, 6.45) is 2.51. The van der Waals surface area contributed by atoms with E-state index in [2.05, 4.69) is 30.5 Å². The second kappa shape index (κ2) is 6.32. The molecule has 0 atom stereocenters. The number of aromatic nitrogens is 5. The fourth-order valence-corrected chi connectivity index (χ4v) is 3.63. The highest BCUT2D eigenvalue weighted by molar-refractivity contribution is 7.15. The van der Waals surface area contributed by atoms with Gasteiger partial charge in [0.1, 0.15) is 6.33 Å². The molecule has 9 heteroatoms. The fourth-order valence-electron chi connectivity index (χ4n) is 1.94. The number of carbonyl (C=O) groups excluding carboxylic acids is 1. The highest BCUT2D eigenvalue weighted by Gasteiger charge is 2.13. The number of nitrogens with one attached hydrogen (secondary N) is 2. The van der Waals surface area contributed by atoms with Crippen molar-refractivity contribution in [3.8, 4) is 10.8 Å². The normalized spacial score (nSPS) is 10.8. The minimum absolute atomic E-state index is 0.120. The van der Waals surface area contributed by atoms with E-state index in [0.717, 1.165) is 22.0 Å². The van der Waals surface area contributed by atoms with E-state index in [1.165, 1.54) is 29.0 Å². The van der Waals surface area contributed by atoms with Gasteiger partial charge >= 0.3 is 0 Å². The van der Waals surface area contributed by atoms with Crippen LogP contribution in [0.15, 0.2) is 11.7 Å². The van der Waals surface area contributed by atoms with Crippen LogP contribution in [0.25, 0.3) is 10.8 Å². The van der Waals surface area contributed by atoms with E-state index in [-0.39, 0.29) is 12.3 Å². The quantitative estimate of drug-likeness (QED) is 0.747. The molecule has 0 aliphatic rings. The summed E-state index contributed by atoms with van der Waals surface area (Å²) in [7, 11) is 0. The summed E-state index contributed by atoms with van der Waals surface area (Å²) in [5, 5.41) is 12.6. The van der Waals surface area contributed by atoms with Gasteiger partial charge in [-0.1, -0.05) is 6.92 Å². The first-order chi connectivity index (χ1) is 10.7. The van der Waals surface area contributed by atoms with Crippen molar-refractivity contribution >= 4 is 33.7 Å². The first-order valence-electron chi connectivity index (χ1n) is 6.72. The molecule has 0 bridgehead atoms. The second-order valence-corrected chi connectivity index (χ2v) is 6.64. The number of hydrogen-bond acceptors (Lipinski definition) is 7. The van der Waals surface area contributed by atoms with Crippen LogP contribution in [-0.4, -0.2) is 31.1 Å². The number of rotatable bonds is 5. The Kier molecular flexibility index (Phi) is 4.25.